The number of ether oxygens (including phenoxy) is 2. The molecule has 3 fully saturated rings. The molecule has 0 aromatic heterocycles. The predicted molar refractivity (Wildman–Crippen MR) is 117 cm³/mol. The van der Waals surface area contributed by atoms with Gasteiger partial charge in [-0.2, -0.15) is 0 Å². The molecule has 1 aromatic rings. The second-order valence-corrected chi connectivity index (χ2v) is 8.48. The van der Waals surface area contributed by atoms with Crippen molar-refractivity contribution >= 4 is 11.6 Å². The second-order valence-electron chi connectivity index (χ2n) is 8.48. The molecule has 7 heteroatoms. The van der Waals surface area contributed by atoms with Gasteiger partial charge in [0.2, 0.25) is 0 Å². The van der Waals surface area contributed by atoms with Crippen LogP contribution in [0.3, 0.4) is 0 Å². The smallest absolute Gasteiger partial charge is 0.191 e. The van der Waals surface area contributed by atoms with Crippen LogP contribution in [0, 0.1) is 5.92 Å². The SMILES string of the molecule is CN=C(NCC1CCN(C2CC2)C1)NC1CCN(c2cc(OC)cc(OC)c2)C1. The number of methoxy groups -OCH3 is 2. The van der Waals surface area contributed by atoms with Crippen molar-refractivity contribution in [2.24, 2.45) is 10.9 Å². The minimum atomic E-state index is 0.380. The Balaban J connectivity index is 1.26. The molecule has 2 atom stereocenters. The van der Waals surface area contributed by atoms with Crippen LogP contribution in [0.5, 0.6) is 11.5 Å². The maximum atomic E-state index is 5.42. The number of anilines is 1. The lowest BCUT2D eigenvalue weighted by Crippen LogP contribution is -2.46. The van der Waals surface area contributed by atoms with Crippen molar-refractivity contribution in [2.45, 2.75) is 37.8 Å². The minimum absolute atomic E-state index is 0.380. The van der Waals surface area contributed by atoms with Crippen molar-refractivity contribution in [2.75, 3.05) is 58.9 Å². The standard InChI is InChI=1S/C22H35N5O2/c1-23-22(24-13-16-6-8-26(14-16)18-4-5-18)25-17-7-9-27(15-17)19-10-20(28-2)12-21(11-19)29-3/h10-12,16-18H,4-9,13-15H2,1-3H3,(H2,23,24,25). The van der Waals surface area contributed by atoms with Crippen LogP contribution < -0.4 is 25.0 Å². The first kappa shape index (κ1) is 20.1. The van der Waals surface area contributed by atoms with Crippen LogP contribution in [0.25, 0.3) is 0 Å². The van der Waals surface area contributed by atoms with Gasteiger partial charge >= 0.3 is 0 Å². The minimum Gasteiger partial charge on any atom is -0.497 e. The third-order valence-corrected chi connectivity index (χ3v) is 6.39. The summed E-state index contributed by atoms with van der Waals surface area (Å²) in [6, 6.07) is 7.32. The Hall–Kier alpha value is -2.15. The summed E-state index contributed by atoms with van der Waals surface area (Å²) in [6.07, 6.45) is 5.19. The number of guanidine groups is 1. The lowest BCUT2D eigenvalue weighted by Gasteiger charge is -2.22. The highest BCUT2D eigenvalue weighted by Crippen LogP contribution is 2.32. The van der Waals surface area contributed by atoms with Crippen molar-refractivity contribution in [1.29, 1.82) is 0 Å². The Morgan fingerprint density at radius 2 is 1.79 bits per heavy atom. The van der Waals surface area contributed by atoms with Crippen LogP contribution in [-0.2, 0) is 0 Å². The first-order valence-electron chi connectivity index (χ1n) is 10.9. The third-order valence-electron chi connectivity index (χ3n) is 6.39. The number of nitrogens with one attached hydrogen (secondary N) is 2. The molecule has 1 aliphatic carbocycles. The molecule has 2 unspecified atom stereocenters. The van der Waals surface area contributed by atoms with Gasteiger partial charge in [-0.05, 0) is 38.1 Å². The Morgan fingerprint density at radius 1 is 1.03 bits per heavy atom. The van der Waals surface area contributed by atoms with E-state index in [4.69, 9.17) is 9.47 Å². The number of nitrogens with zero attached hydrogens (tertiary/aromatic N) is 3. The third kappa shape index (κ3) is 5.07. The van der Waals surface area contributed by atoms with E-state index in [2.05, 4.69) is 37.6 Å². The van der Waals surface area contributed by atoms with Crippen LogP contribution in [0.1, 0.15) is 25.7 Å². The summed E-state index contributed by atoms with van der Waals surface area (Å²) in [5.74, 6) is 3.30. The van der Waals surface area contributed by atoms with E-state index in [-0.39, 0.29) is 0 Å². The van der Waals surface area contributed by atoms with E-state index in [1.165, 1.54) is 32.4 Å². The van der Waals surface area contributed by atoms with Gasteiger partial charge in [0.1, 0.15) is 11.5 Å². The number of hydrogen-bond donors (Lipinski definition) is 2. The summed E-state index contributed by atoms with van der Waals surface area (Å²) >= 11 is 0. The molecule has 2 N–H and O–H groups in total. The van der Waals surface area contributed by atoms with E-state index in [1.807, 2.05) is 13.1 Å². The molecule has 2 saturated heterocycles. The lowest BCUT2D eigenvalue weighted by atomic mass is 10.1. The molecular formula is C22H35N5O2. The fourth-order valence-corrected chi connectivity index (χ4v) is 4.52. The summed E-state index contributed by atoms with van der Waals surface area (Å²) in [4.78, 5) is 9.50. The second kappa shape index (κ2) is 9.11. The molecule has 1 aromatic carbocycles. The van der Waals surface area contributed by atoms with Crippen LogP contribution >= 0.6 is 0 Å². The highest BCUT2D eigenvalue weighted by molar-refractivity contribution is 5.80. The molecule has 0 amide bonds. The van der Waals surface area contributed by atoms with Gasteiger partial charge < -0.3 is 29.9 Å². The van der Waals surface area contributed by atoms with Gasteiger partial charge in [-0.25, -0.2) is 0 Å². The van der Waals surface area contributed by atoms with Gasteiger partial charge in [-0.15, -0.1) is 0 Å². The fourth-order valence-electron chi connectivity index (χ4n) is 4.52. The highest BCUT2D eigenvalue weighted by Gasteiger charge is 2.34. The first-order chi connectivity index (χ1) is 14.2. The van der Waals surface area contributed by atoms with Gasteiger partial charge in [0.25, 0.3) is 0 Å². The maximum Gasteiger partial charge on any atom is 0.191 e. The van der Waals surface area contributed by atoms with Gasteiger partial charge in [0, 0.05) is 69.2 Å². The lowest BCUT2D eigenvalue weighted by molar-refractivity contribution is 0.314. The van der Waals surface area contributed by atoms with E-state index in [1.54, 1.807) is 14.2 Å². The van der Waals surface area contributed by atoms with Crippen molar-refractivity contribution in [3.8, 4) is 11.5 Å². The predicted octanol–water partition coefficient (Wildman–Crippen LogP) is 1.93. The zero-order valence-electron chi connectivity index (χ0n) is 18.0. The Labute approximate surface area is 174 Å². The van der Waals surface area contributed by atoms with Gasteiger partial charge in [-0.3, -0.25) is 4.99 Å². The number of benzene rings is 1. The molecule has 4 rings (SSSR count). The molecule has 0 spiro atoms. The molecule has 2 heterocycles. The van der Waals surface area contributed by atoms with Gasteiger partial charge in [0.15, 0.2) is 5.96 Å². The van der Waals surface area contributed by atoms with Crippen LogP contribution in [0.2, 0.25) is 0 Å². The molecule has 3 aliphatic rings. The van der Waals surface area contributed by atoms with E-state index >= 15 is 0 Å². The molecule has 160 valence electrons. The number of hydrogen-bond acceptors (Lipinski definition) is 5. The quantitative estimate of drug-likeness (QED) is 0.538. The van der Waals surface area contributed by atoms with Gasteiger partial charge in [0.05, 0.1) is 14.2 Å². The topological polar surface area (TPSA) is 61.4 Å². The largest absolute Gasteiger partial charge is 0.497 e. The fraction of sp³-hybridized carbons (Fsp3) is 0.682. The molecular weight excluding hydrogens is 366 g/mol. The Bertz CT molecular complexity index is 699. The van der Waals surface area contributed by atoms with Crippen molar-refractivity contribution in [3.63, 3.8) is 0 Å². The average Bonchev–Trinajstić information content (AvgIpc) is 3.31. The van der Waals surface area contributed by atoms with Crippen molar-refractivity contribution in [3.05, 3.63) is 18.2 Å². The average molecular weight is 402 g/mol. The molecule has 29 heavy (non-hydrogen) atoms. The monoisotopic (exact) mass is 401 g/mol. The molecule has 1 saturated carbocycles. The van der Waals surface area contributed by atoms with Crippen LogP contribution in [0.4, 0.5) is 5.69 Å². The molecule has 7 nitrogen and oxygen atoms in total. The van der Waals surface area contributed by atoms with E-state index in [9.17, 15) is 0 Å². The summed E-state index contributed by atoms with van der Waals surface area (Å²) in [7, 11) is 5.24. The highest BCUT2D eigenvalue weighted by atomic mass is 16.5. The normalized spacial score (nSPS) is 25.3. The zero-order chi connectivity index (χ0) is 20.2. The molecule has 0 bridgehead atoms. The molecule has 2 aliphatic heterocycles. The number of aliphatic imine (C=N–C) groups is 1. The van der Waals surface area contributed by atoms with Crippen LogP contribution in [0.15, 0.2) is 23.2 Å². The van der Waals surface area contributed by atoms with E-state index in [0.29, 0.717) is 6.04 Å². The summed E-state index contributed by atoms with van der Waals surface area (Å²) in [5, 5.41) is 7.18. The number of rotatable bonds is 7. The summed E-state index contributed by atoms with van der Waals surface area (Å²) in [6.45, 7) is 5.46. The van der Waals surface area contributed by atoms with Crippen molar-refractivity contribution in [1.82, 2.24) is 15.5 Å². The molecule has 0 radical (unpaired) electrons. The zero-order valence-corrected chi connectivity index (χ0v) is 18.0. The first-order valence-corrected chi connectivity index (χ1v) is 10.9. The number of likely N-dealkylation sites (tertiary alicyclic amines) is 1. The van der Waals surface area contributed by atoms with E-state index < -0.39 is 0 Å². The van der Waals surface area contributed by atoms with E-state index in [0.717, 1.165) is 61.2 Å². The maximum absolute atomic E-state index is 5.42. The van der Waals surface area contributed by atoms with Crippen molar-refractivity contribution < 1.29 is 9.47 Å². The summed E-state index contributed by atoms with van der Waals surface area (Å²) in [5.41, 5.74) is 1.14. The Kier molecular flexibility index (Phi) is 6.33. The van der Waals surface area contributed by atoms with Gasteiger partial charge in [-0.1, -0.05) is 0 Å². The van der Waals surface area contributed by atoms with Crippen LogP contribution in [-0.4, -0.2) is 76.9 Å². The Morgan fingerprint density at radius 3 is 2.45 bits per heavy atom. The summed E-state index contributed by atoms with van der Waals surface area (Å²) < 4.78 is 10.8.